The van der Waals surface area contributed by atoms with Gasteiger partial charge in [0, 0.05) is 25.4 Å². The molecule has 12 nitrogen and oxygen atoms in total. The maximum absolute atomic E-state index is 11.7. The highest BCUT2D eigenvalue weighted by Gasteiger charge is 2.01. The Morgan fingerprint density at radius 1 is 0.579 bits per heavy atom. The first-order valence-electron chi connectivity index (χ1n) is 13.7. The van der Waals surface area contributed by atoms with Gasteiger partial charge >= 0.3 is 0 Å². The molecular weight excluding hydrogens is 500 g/mol. The number of carbonyl (C=O) groups is 2. The first-order valence-corrected chi connectivity index (χ1v) is 13.7. The van der Waals surface area contributed by atoms with Gasteiger partial charge in [-0.05, 0) is 13.0 Å². The number of amides is 1. The van der Waals surface area contributed by atoms with Crippen molar-refractivity contribution in [2.75, 3.05) is 119 Å². The van der Waals surface area contributed by atoms with Gasteiger partial charge in [-0.3, -0.25) is 4.79 Å². The molecule has 0 fully saturated rings. The van der Waals surface area contributed by atoms with Crippen LogP contribution in [0.3, 0.4) is 0 Å². The summed E-state index contributed by atoms with van der Waals surface area (Å²) in [4.78, 5) is 21.8. The van der Waals surface area contributed by atoms with Crippen LogP contribution in [0.15, 0.2) is 0 Å². The molecule has 0 bridgehead atoms. The van der Waals surface area contributed by atoms with Crippen molar-refractivity contribution in [1.29, 1.82) is 0 Å². The Morgan fingerprint density at radius 3 is 1.32 bits per heavy atom. The van der Waals surface area contributed by atoms with Gasteiger partial charge in [-0.2, -0.15) is 0 Å². The highest BCUT2D eigenvalue weighted by molar-refractivity contribution is 5.75. The van der Waals surface area contributed by atoms with Crippen molar-refractivity contribution in [1.82, 2.24) is 10.6 Å². The predicted molar refractivity (Wildman–Crippen MR) is 143 cm³/mol. The summed E-state index contributed by atoms with van der Waals surface area (Å²) >= 11 is 0. The molecule has 0 aromatic carbocycles. The molecule has 38 heavy (non-hydrogen) atoms. The molecule has 0 spiro atoms. The molecule has 1 amide bonds. The summed E-state index contributed by atoms with van der Waals surface area (Å²) in [5.74, 6) is 0.0549. The zero-order chi connectivity index (χ0) is 27.8. The van der Waals surface area contributed by atoms with Crippen molar-refractivity contribution in [3.8, 4) is 0 Å². The molecule has 0 aliphatic heterocycles. The summed E-state index contributed by atoms with van der Waals surface area (Å²) in [7, 11) is 0. The number of carbonyl (C=O) groups excluding carboxylic acids is 2. The Morgan fingerprint density at radius 2 is 0.947 bits per heavy atom. The molecule has 0 aromatic rings. The minimum atomic E-state index is 0.0549. The van der Waals surface area contributed by atoms with Crippen LogP contribution >= 0.6 is 0 Å². The summed E-state index contributed by atoms with van der Waals surface area (Å²) in [5, 5.41) is 6.13. The number of nitrogens with one attached hydrogen (secondary N) is 2. The number of rotatable bonds is 32. The Kier molecular flexibility index (Phi) is 31.0. The number of aldehydes is 1. The predicted octanol–water partition coefficient (Wildman–Crippen LogP) is 0.603. The zero-order valence-corrected chi connectivity index (χ0v) is 23.6. The highest BCUT2D eigenvalue weighted by Crippen LogP contribution is 1.89. The van der Waals surface area contributed by atoms with E-state index in [0.717, 1.165) is 19.3 Å². The summed E-state index contributed by atoms with van der Waals surface area (Å²) in [6.45, 7) is 13.4. The molecule has 0 atom stereocenters. The Balaban J connectivity index is 3.09. The van der Waals surface area contributed by atoms with Crippen LogP contribution in [0.5, 0.6) is 0 Å². The van der Waals surface area contributed by atoms with Crippen LogP contribution in [-0.2, 0) is 47.5 Å². The molecule has 226 valence electrons. The maximum atomic E-state index is 11.7. The van der Waals surface area contributed by atoms with Gasteiger partial charge in [-0.15, -0.1) is 0 Å². The minimum absolute atomic E-state index is 0.0549. The average Bonchev–Trinajstić information content (AvgIpc) is 2.90. The Labute approximate surface area is 228 Å². The van der Waals surface area contributed by atoms with Crippen molar-refractivity contribution >= 4 is 12.2 Å². The summed E-state index contributed by atoms with van der Waals surface area (Å²) in [6, 6.07) is 0.444. The second kappa shape index (κ2) is 32.0. The summed E-state index contributed by atoms with van der Waals surface area (Å²) in [5.41, 5.74) is 0. The van der Waals surface area contributed by atoms with Crippen LogP contribution in [0.2, 0.25) is 0 Å². The number of ether oxygens (including phenoxy) is 8. The molecule has 0 saturated carbocycles. The molecule has 0 aliphatic carbocycles. The molecule has 12 heteroatoms. The quantitative estimate of drug-likeness (QED) is 0.0898. The van der Waals surface area contributed by atoms with Crippen LogP contribution < -0.4 is 10.6 Å². The number of hydrogen-bond donors (Lipinski definition) is 2. The van der Waals surface area contributed by atoms with E-state index in [9.17, 15) is 9.59 Å². The highest BCUT2D eigenvalue weighted by atomic mass is 16.6. The van der Waals surface area contributed by atoms with E-state index in [0.29, 0.717) is 131 Å². The van der Waals surface area contributed by atoms with Crippen LogP contribution in [0, 0.1) is 0 Å². The van der Waals surface area contributed by atoms with E-state index in [1.807, 2.05) is 0 Å². The lowest BCUT2D eigenvalue weighted by molar-refractivity contribution is -0.121. The van der Waals surface area contributed by atoms with Crippen molar-refractivity contribution in [2.45, 2.75) is 39.2 Å². The van der Waals surface area contributed by atoms with Crippen LogP contribution in [0.25, 0.3) is 0 Å². The fraction of sp³-hybridized carbons (Fsp3) is 0.923. The molecule has 2 N–H and O–H groups in total. The smallest absolute Gasteiger partial charge is 0.220 e. The van der Waals surface area contributed by atoms with E-state index in [1.165, 1.54) is 0 Å². The lowest BCUT2D eigenvalue weighted by Crippen LogP contribution is -2.29. The van der Waals surface area contributed by atoms with Gasteiger partial charge in [-0.25, -0.2) is 0 Å². The van der Waals surface area contributed by atoms with E-state index < -0.39 is 0 Å². The van der Waals surface area contributed by atoms with E-state index in [1.54, 1.807) is 0 Å². The van der Waals surface area contributed by atoms with E-state index >= 15 is 0 Å². The Bertz CT molecular complexity index is 501. The van der Waals surface area contributed by atoms with Crippen molar-refractivity contribution in [3.05, 3.63) is 0 Å². The second-order valence-electron chi connectivity index (χ2n) is 8.42. The molecule has 0 aromatic heterocycles. The fourth-order valence-corrected chi connectivity index (χ4v) is 2.76. The fourth-order valence-electron chi connectivity index (χ4n) is 2.76. The van der Waals surface area contributed by atoms with Crippen LogP contribution in [0.1, 0.15) is 33.1 Å². The average molecular weight is 553 g/mol. The van der Waals surface area contributed by atoms with Crippen molar-refractivity contribution in [3.63, 3.8) is 0 Å². The van der Waals surface area contributed by atoms with E-state index in [2.05, 4.69) is 24.5 Å². The lowest BCUT2D eigenvalue weighted by Gasteiger charge is -2.09. The Hall–Kier alpha value is -1.22. The van der Waals surface area contributed by atoms with Crippen LogP contribution in [0.4, 0.5) is 0 Å². The van der Waals surface area contributed by atoms with Gasteiger partial charge in [0.1, 0.15) is 6.29 Å². The molecule has 0 aliphatic rings. The monoisotopic (exact) mass is 552 g/mol. The van der Waals surface area contributed by atoms with Gasteiger partial charge in [0.25, 0.3) is 0 Å². The van der Waals surface area contributed by atoms with Crippen molar-refractivity contribution in [2.24, 2.45) is 0 Å². The van der Waals surface area contributed by atoms with Crippen LogP contribution in [-0.4, -0.2) is 137 Å². The standard InChI is InChI=1S/C26H52N2O10/c1-25(2)27-6-3-5-26(30)28-7-10-32-12-14-34-16-18-36-20-22-38-24-23-37-21-19-35-17-15-33-13-11-31-9-4-8-29/h8,25,27H,3-7,9-24H2,1-2H3,(H,28,30). The SMILES string of the molecule is CC(C)NCCCC(=O)NCCOCCOCCOCCOCCOCCOCCOCCOCCC=O. The first-order chi connectivity index (χ1) is 18.7. The third kappa shape index (κ3) is 32.8. The molecular formula is C26H52N2O10. The molecule has 0 heterocycles. The van der Waals surface area contributed by atoms with Gasteiger partial charge in [0.05, 0.1) is 106 Å². The minimum Gasteiger partial charge on any atom is -0.379 e. The summed E-state index contributed by atoms with van der Waals surface area (Å²) < 4.78 is 43.1. The van der Waals surface area contributed by atoms with Gasteiger partial charge in [0.2, 0.25) is 5.91 Å². The zero-order valence-electron chi connectivity index (χ0n) is 23.6. The van der Waals surface area contributed by atoms with Crippen molar-refractivity contribution < 1.29 is 47.5 Å². The molecule has 0 radical (unpaired) electrons. The van der Waals surface area contributed by atoms with Gasteiger partial charge in [0.15, 0.2) is 0 Å². The van der Waals surface area contributed by atoms with Gasteiger partial charge < -0.3 is 53.3 Å². The topological polar surface area (TPSA) is 132 Å². The first kappa shape index (κ1) is 36.8. The third-order valence-corrected chi connectivity index (χ3v) is 4.69. The third-order valence-electron chi connectivity index (χ3n) is 4.69. The van der Waals surface area contributed by atoms with E-state index in [4.69, 9.17) is 37.9 Å². The van der Waals surface area contributed by atoms with E-state index in [-0.39, 0.29) is 5.91 Å². The second-order valence-corrected chi connectivity index (χ2v) is 8.42. The molecule has 0 saturated heterocycles. The normalized spacial score (nSPS) is 11.3. The largest absolute Gasteiger partial charge is 0.379 e. The lowest BCUT2D eigenvalue weighted by atomic mass is 10.2. The molecule has 0 unspecified atom stereocenters. The van der Waals surface area contributed by atoms with Gasteiger partial charge in [-0.1, -0.05) is 13.8 Å². The summed E-state index contributed by atoms with van der Waals surface area (Å²) in [6.07, 6.45) is 2.61. The maximum Gasteiger partial charge on any atom is 0.220 e. The molecule has 0 rings (SSSR count). The number of hydrogen-bond acceptors (Lipinski definition) is 11.